The van der Waals surface area contributed by atoms with E-state index in [1.165, 1.54) is 0 Å². The molecule has 0 aliphatic carbocycles. The first-order valence-electron chi connectivity index (χ1n) is 9.46. The number of aromatic nitrogens is 2. The normalized spacial score (nSPS) is 22.8. The van der Waals surface area contributed by atoms with Gasteiger partial charge in [0.25, 0.3) is 5.91 Å². The lowest BCUT2D eigenvalue weighted by molar-refractivity contribution is -0.149. The molecule has 2 aromatic rings. The monoisotopic (exact) mass is 399 g/mol. The third kappa shape index (κ3) is 3.33. The van der Waals surface area contributed by atoms with Crippen LogP contribution < -0.4 is 9.64 Å². The first-order chi connectivity index (χ1) is 13.0. The van der Waals surface area contributed by atoms with Crippen LogP contribution in [0.5, 0.6) is 5.75 Å². The van der Waals surface area contributed by atoms with E-state index in [-0.39, 0.29) is 17.0 Å². The maximum atomic E-state index is 13.4. The van der Waals surface area contributed by atoms with E-state index in [2.05, 4.69) is 43.8 Å². The maximum Gasteiger partial charge on any atom is 0.261 e. The summed E-state index contributed by atoms with van der Waals surface area (Å²) in [4.78, 5) is 24.0. The molecule has 0 bridgehead atoms. The van der Waals surface area contributed by atoms with Crippen LogP contribution in [0.25, 0.3) is 0 Å². The second-order valence-electron chi connectivity index (χ2n) is 8.85. The number of amides is 1. The predicted octanol–water partition coefficient (Wildman–Crippen LogP) is 4.35. The van der Waals surface area contributed by atoms with E-state index in [0.29, 0.717) is 5.82 Å². The number of benzene rings is 1. The van der Waals surface area contributed by atoms with Gasteiger partial charge in [-0.1, -0.05) is 20.8 Å². The third-order valence-corrected chi connectivity index (χ3v) is 10.4. The average molecular weight is 400 g/mol. The molecule has 0 saturated carbocycles. The van der Waals surface area contributed by atoms with Crippen LogP contribution >= 0.6 is 0 Å². The highest BCUT2D eigenvalue weighted by Gasteiger charge is 2.63. The molecule has 1 aromatic heterocycles. The Morgan fingerprint density at radius 2 is 1.68 bits per heavy atom. The lowest BCUT2D eigenvalue weighted by atomic mass is 9.82. The van der Waals surface area contributed by atoms with Crippen LogP contribution in [0.2, 0.25) is 18.1 Å². The Morgan fingerprint density at radius 1 is 1.11 bits per heavy atom. The zero-order chi connectivity index (χ0) is 20.7. The number of carbonyl (C=O) groups excluding carboxylic acids is 1. The lowest BCUT2D eigenvalue weighted by Crippen LogP contribution is -2.71. The van der Waals surface area contributed by atoms with E-state index >= 15 is 0 Å². The number of nitrogens with zero attached hydrogens (tertiary/aromatic N) is 3. The van der Waals surface area contributed by atoms with Crippen molar-refractivity contribution in [3.63, 3.8) is 0 Å². The number of ether oxygens (including phenoxy) is 1. The fraction of sp³-hybridized carbons (Fsp3) is 0.476. The van der Waals surface area contributed by atoms with Gasteiger partial charge >= 0.3 is 0 Å². The van der Waals surface area contributed by atoms with E-state index in [4.69, 9.17) is 9.16 Å². The SMILES string of the molecule is COc1ccc(N2C(=O)C(C)(O[Si](C)(C)C(C)(C)C)C2c2ncccn2)cc1. The van der Waals surface area contributed by atoms with Gasteiger partial charge in [0.2, 0.25) is 0 Å². The molecule has 28 heavy (non-hydrogen) atoms. The molecule has 150 valence electrons. The summed E-state index contributed by atoms with van der Waals surface area (Å²) < 4.78 is 11.9. The van der Waals surface area contributed by atoms with Crippen molar-refractivity contribution >= 4 is 19.9 Å². The molecule has 7 heteroatoms. The molecule has 0 N–H and O–H groups in total. The molecule has 1 aromatic carbocycles. The molecule has 0 radical (unpaired) electrons. The fourth-order valence-electron chi connectivity index (χ4n) is 3.26. The van der Waals surface area contributed by atoms with Crippen molar-refractivity contribution in [2.75, 3.05) is 12.0 Å². The molecule has 2 unspecified atom stereocenters. The van der Waals surface area contributed by atoms with E-state index in [1.54, 1.807) is 30.5 Å². The summed E-state index contributed by atoms with van der Waals surface area (Å²) >= 11 is 0. The third-order valence-electron chi connectivity index (χ3n) is 5.88. The molecule has 1 aliphatic heterocycles. The summed E-state index contributed by atoms with van der Waals surface area (Å²) in [6.07, 6.45) is 3.40. The number of carbonyl (C=O) groups is 1. The molecule has 1 amide bonds. The van der Waals surface area contributed by atoms with Crippen molar-refractivity contribution in [2.24, 2.45) is 0 Å². The maximum absolute atomic E-state index is 13.4. The largest absolute Gasteiger partial charge is 0.497 e. The van der Waals surface area contributed by atoms with Crippen LogP contribution in [0.1, 0.15) is 39.6 Å². The molecular formula is C21H29N3O3Si. The van der Waals surface area contributed by atoms with Crippen molar-refractivity contribution in [1.29, 1.82) is 0 Å². The van der Waals surface area contributed by atoms with E-state index in [9.17, 15) is 4.79 Å². The van der Waals surface area contributed by atoms with Gasteiger partial charge in [0.15, 0.2) is 19.7 Å². The van der Waals surface area contributed by atoms with Gasteiger partial charge in [-0.2, -0.15) is 0 Å². The van der Waals surface area contributed by atoms with Gasteiger partial charge in [0.1, 0.15) is 11.8 Å². The fourth-order valence-corrected chi connectivity index (χ4v) is 4.82. The number of β-lactam (4-membered cyclic amide) rings is 1. The van der Waals surface area contributed by atoms with Crippen LogP contribution in [0.4, 0.5) is 5.69 Å². The zero-order valence-electron chi connectivity index (χ0n) is 17.7. The van der Waals surface area contributed by atoms with Crippen LogP contribution in [0, 0.1) is 0 Å². The number of methoxy groups -OCH3 is 1. The molecule has 2 heterocycles. The standard InChI is InChI=1S/C21H29N3O3Si/c1-20(2,3)28(6,7)27-21(4)17(18-22-13-8-14-23-18)24(19(21)25)15-9-11-16(26-5)12-10-15/h8-14,17H,1-7H3. The van der Waals surface area contributed by atoms with E-state index < -0.39 is 13.9 Å². The minimum atomic E-state index is -2.19. The van der Waals surface area contributed by atoms with Crippen molar-refractivity contribution in [2.45, 2.75) is 57.5 Å². The van der Waals surface area contributed by atoms with Crippen LogP contribution in [-0.2, 0) is 9.22 Å². The van der Waals surface area contributed by atoms with E-state index in [0.717, 1.165) is 11.4 Å². The van der Waals surface area contributed by atoms with Gasteiger partial charge in [-0.25, -0.2) is 9.97 Å². The Hall–Kier alpha value is -2.25. The molecular weight excluding hydrogens is 370 g/mol. The number of rotatable bonds is 5. The molecule has 2 atom stereocenters. The first kappa shape index (κ1) is 20.5. The molecule has 6 nitrogen and oxygen atoms in total. The van der Waals surface area contributed by atoms with Gasteiger partial charge in [0, 0.05) is 18.1 Å². The van der Waals surface area contributed by atoms with Gasteiger partial charge in [-0.05, 0) is 55.4 Å². The Labute approximate surface area is 168 Å². The average Bonchev–Trinajstić information content (AvgIpc) is 2.65. The Balaban J connectivity index is 2.02. The number of anilines is 1. The zero-order valence-corrected chi connectivity index (χ0v) is 18.7. The van der Waals surface area contributed by atoms with Gasteiger partial charge in [-0.15, -0.1) is 0 Å². The van der Waals surface area contributed by atoms with Crippen molar-refractivity contribution in [3.05, 3.63) is 48.5 Å². The second kappa shape index (κ2) is 6.97. The van der Waals surface area contributed by atoms with Gasteiger partial charge < -0.3 is 9.16 Å². The van der Waals surface area contributed by atoms with Crippen molar-refractivity contribution in [3.8, 4) is 5.75 Å². The molecule has 3 rings (SSSR count). The van der Waals surface area contributed by atoms with Gasteiger partial charge in [0.05, 0.1) is 7.11 Å². The lowest BCUT2D eigenvalue weighted by Gasteiger charge is -2.56. The van der Waals surface area contributed by atoms with Crippen LogP contribution in [-0.4, -0.2) is 36.9 Å². The second-order valence-corrected chi connectivity index (χ2v) is 13.6. The summed E-state index contributed by atoms with van der Waals surface area (Å²) in [5.41, 5.74) is -0.218. The molecule has 1 fully saturated rings. The molecule has 1 aliphatic rings. The van der Waals surface area contributed by atoms with Crippen LogP contribution in [0.3, 0.4) is 0 Å². The summed E-state index contributed by atoms with van der Waals surface area (Å²) in [5, 5.41) is -0.0150. The highest BCUT2D eigenvalue weighted by Crippen LogP contribution is 2.51. The first-order valence-corrected chi connectivity index (χ1v) is 12.4. The quantitative estimate of drug-likeness (QED) is 0.552. The minimum Gasteiger partial charge on any atom is -0.497 e. The summed E-state index contributed by atoms with van der Waals surface area (Å²) in [6.45, 7) is 12.7. The summed E-state index contributed by atoms with van der Waals surface area (Å²) in [6, 6.07) is 8.82. The van der Waals surface area contributed by atoms with Crippen molar-refractivity contribution in [1.82, 2.24) is 9.97 Å². The topological polar surface area (TPSA) is 64.5 Å². The van der Waals surface area contributed by atoms with Crippen LogP contribution in [0.15, 0.2) is 42.7 Å². The summed E-state index contributed by atoms with van der Waals surface area (Å²) in [5.74, 6) is 1.25. The summed E-state index contributed by atoms with van der Waals surface area (Å²) in [7, 11) is -0.575. The number of hydrogen-bond acceptors (Lipinski definition) is 5. The minimum absolute atomic E-state index is 0.0150. The highest BCUT2D eigenvalue weighted by molar-refractivity contribution is 6.74. The van der Waals surface area contributed by atoms with Gasteiger partial charge in [-0.3, -0.25) is 9.69 Å². The Morgan fingerprint density at radius 3 is 2.18 bits per heavy atom. The van der Waals surface area contributed by atoms with E-state index in [1.807, 2.05) is 31.2 Å². The van der Waals surface area contributed by atoms with Crippen molar-refractivity contribution < 1.29 is 14.0 Å². The Bertz CT molecular complexity index is 849. The Kier molecular flexibility index (Phi) is 5.10. The smallest absolute Gasteiger partial charge is 0.261 e. The number of hydrogen-bond donors (Lipinski definition) is 0. The molecule has 1 saturated heterocycles. The highest BCUT2D eigenvalue weighted by atomic mass is 28.4. The predicted molar refractivity (Wildman–Crippen MR) is 112 cm³/mol. The molecule has 0 spiro atoms.